The maximum Gasteiger partial charge on any atom is 0.244 e. The molecule has 1 aromatic carbocycles. The molecule has 0 radical (unpaired) electrons. The lowest BCUT2D eigenvalue weighted by Crippen LogP contribution is -2.30. The molecule has 0 unspecified atom stereocenters. The Morgan fingerprint density at radius 2 is 2.10 bits per heavy atom. The van der Waals surface area contributed by atoms with E-state index in [2.05, 4.69) is 15.9 Å². The molecule has 20 heavy (non-hydrogen) atoms. The zero-order valence-corrected chi connectivity index (χ0v) is 14.7. The maximum atomic E-state index is 12.7. The third kappa shape index (κ3) is 3.43. The Balaban J connectivity index is 2.36. The number of nitrogens with zero attached hydrogens (tertiary/aromatic N) is 1. The number of thiophene rings is 1. The SMILES string of the molecule is CCN(Cc1cccs1)S(=O)(=O)c1ccc(Br)cc1Cl. The molecular weight excluding hydrogens is 382 g/mol. The minimum atomic E-state index is -3.59. The Morgan fingerprint density at radius 1 is 1.35 bits per heavy atom. The van der Waals surface area contributed by atoms with E-state index < -0.39 is 10.0 Å². The van der Waals surface area contributed by atoms with Gasteiger partial charge in [0.1, 0.15) is 4.90 Å². The third-order valence-electron chi connectivity index (χ3n) is 2.78. The first-order valence-electron chi connectivity index (χ1n) is 5.92. The smallest absolute Gasteiger partial charge is 0.207 e. The fraction of sp³-hybridized carbons (Fsp3) is 0.231. The minimum absolute atomic E-state index is 0.140. The molecule has 0 saturated heterocycles. The van der Waals surface area contributed by atoms with Gasteiger partial charge in [0.15, 0.2) is 0 Å². The summed E-state index contributed by atoms with van der Waals surface area (Å²) in [5.74, 6) is 0. The molecule has 1 aromatic heterocycles. The molecule has 7 heteroatoms. The first kappa shape index (κ1) is 16.0. The predicted octanol–water partition coefficient (Wildman–Crippen LogP) is 4.37. The summed E-state index contributed by atoms with van der Waals surface area (Å²) in [7, 11) is -3.59. The van der Waals surface area contributed by atoms with Crippen LogP contribution >= 0.6 is 38.9 Å². The predicted molar refractivity (Wildman–Crippen MR) is 86.7 cm³/mol. The lowest BCUT2D eigenvalue weighted by atomic mass is 10.4. The molecule has 0 aliphatic rings. The van der Waals surface area contributed by atoms with Crippen molar-refractivity contribution >= 4 is 48.9 Å². The summed E-state index contributed by atoms with van der Waals surface area (Å²) in [5.41, 5.74) is 0. The molecule has 0 spiro atoms. The van der Waals surface area contributed by atoms with Crippen LogP contribution < -0.4 is 0 Å². The van der Waals surface area contributed by atoms with E-state index in [-0.39, 0.29) is 9.92 Å². The molecule has 0 atom stereocenters. The van der Waals surface area contributed by atoms with Gasteiger partial charge in [0.25, 0.3) is 0 Å². The highest BCUT2D eigenvalue weighted by molar-refractivity contribution is 9.10. The standard InChI is InChI=1S/C13H13BrClNO2S2/c1-2-16(9-11-4-3-7-19-11)20(17,18)13-6-5-10(14)8-12(13)15/h3-8H,2,9H2,1H3. The fourth-order valence-corrected chi connectivity index (χ4v) is 5.01. The number of rotatable bonds is 5. The van der Waals surface area contributed by atoms with Gasteiger partial charge >= 0.3 is 0 Å². The number of halogens is 2. The summed E-state index contributed by atoms with van der Waals surface area (Å²) in [6, 6.07) is 8.63. The molecule has 2 aromatic rings. The topological polar surface area (TPSA) is 37.4 Å². The van der Waals surface area contributed by atoms with Gasteiger partial charge < -0.3 is 0 Å². The minimum Gasteiger partial charge on any atom is -0.207 e. The Hall–Kier alpha value is -0.400. The molecule has 0 N–H and O–H groups in total. The second kappa shape index (κ2) is 6.58. The monoisotopic (exact) mass is 393 g/mol. The molecule has 0 aliphatic heterocycles. The Kier molecular flexibility index (Phi) is 5.25. The van der Waals surface area contributed by atoms with E-state index in [1.54, 1.807) is 12.1 Å². The van der Waals surface area contributed by atoms with Gasteiger partial charge in [-0.2, -0.15) is 4.31 Å². The quantitative estimate of drug-likeness (QED) is 0.755. The highest BCUT2D eigenvalue weighted by Gasteiger charge is 2.25. The van der Waals surface area contributed by atoms with Crippen LogP contribution in [0.5, 0.6) is 0 Å². The van der Waals surface area contributed by atoms with Gasteiger partial charge in [-0.3, -0.25) is 0 Å². The van der Waals surface area contributed by atoms with Gasteiger partial charge in [-0.25, -0.2) is 8.42 Å². The van der Waals surface area contributed by atoms with E-state index in [4.69, 9.17) is 11.6 Å². The van der Waals surface area contributed by atoms with Crippen LogP contribution in [0.3, 0.4) is 0 Å². The molecule has 1 heterocycles. The van der Waals surface area contributed by atoms with Gasteiger partial charge in [0.05, 0.1) is 5.02 Å². The van der Waals surface area contributed by atoms with Gasteiger partial charge in [-0.05, 0) is 29.6 Å². The molecule has 0 bridgehead atoms. The van der Waals surface area contributed by atoms with Crippen LogP contribution in [0.15, 0.2) is 45.1 Å². The van der Waals surface area contributed by atoms with Gasteiger partial charge in [-0.15, -0.1) is 11.3 Å². The zero-order valence-electron chi connectivity index (χ0n) is 10.7. The summed E-state index contributed by atoms with van der Waals surface area (Å²) in [4.78, 5) is 1.14. The van der Waals surface area contributed by atoms with Crippen LogP contribution in [0.25, 0.3) is 0 Å². The van der Waals surface area contributed by atoms with Crippen molar-refractivity contribution in [3.63, 3.8) is 0 Å². The summed E-state index contributed by atoms with van der Waals surface area (Å²) in [6.45, 7) is 2.58. The Morgan fingerprint density at radius 3 is 2.65 bits per heavy atom. The van der Waals surface area contributed by atoms with Gasteiger partial charge in [0, 0.05) is 22.4 Å². The Bertz CT molecular complexity index is 686. The molecule has 0 fully saturated rings. The zero-order chi connectivity index (χ0) is 14.8. The average molecular weight is 395 g/mol. The van der Waals surface area contributed by atoms with Crippen molar-refractivity contribution in [3.8, 4) is 0 Å². The maximum absolute atomic E-state index is 12.7. The second-order valence-corrected chi connectivity index (χ2v) is 8.35. The molecule has 108 valence electrons. The normalized spacial score (nSPS) is 12.0. The summed E-state index contributed by atoms with van der Waals surface area (Å²) in [6.07, 6.45) is 0. The van der Waals surface area contributed by atoms with Crippen LogP contribution in [0.4, 0.5) is 0 Å². The van der Waals surface area contributed by atoms with E-state index in [1.807, 2.05) is 24.4 Å². The highest BCUT2D eigenvalue weighted by Crippen LogP contribution is 2.28. The largest absolute Gasteiger partial charge is 0.244 e. The van der Waals surface area contributed by atoms with E-state index in [0.717, 1.165) is 9.35 Å². The number of benzene rings is 1. The van der Waals surface area contributed by atoms with Crippen molar-refractivity contribution < 1.29 is 8.42 Å². The van der Waals surface area contributed by atoms with E-state index >= 15 is 0 Å². The number of hydrogen-bond donors (Lipinski definition) is 0. The highest BCUT2D eigenvalue weighted by atomic mass is 79.9. The van der Waals surface area contributed by atoms with E-state index in [9.17, 15) is 8.42 Å². The first-order chi connectivity index (χ1) is 9.45. The number of sulfonamides is 1. The second-order valence-electron chi connectivity index (χ2n) is 4.09. The Labute approximate surface area is 136 Å². The van der Waals surface area contributed by atoms with Crippen molar-refractivity contribution in [3.05, 3.63) is 50.1 Å². The van der Waals surface area contributed by atoms with Crippen molar-refractivity contribution in [2.45, 2.75) is 18.4 Å². The van der Waals surface area contributed by atoms with Crippen LogP contribution in [-0.2, 0) is 16.6 Å². The molecule has 2 rings (SSSR count). The lowest BCUT2D eigenvalue weighted by molar-refractivity contribution is 0.426. The first-order valence-corrected chi connectivity index (χ1v) is 9.41. The third-order valence-corrected chi connectivity index (χ3v) is 6.53. The van der Waals surface area contributed by atoms with E-state index in [0.29, 0.717) is 13.1 Å². The van der Waals surface area contributed by atoms with Gasteiger partial charge in [0.2, 0.25) is 10.0 Å². The molecular formula is C13H13BrClNO2S2. The summed E-state index contributed by atoms with van der Waals surface area (Å²) < 4.78 is 27.5. The van der Waals surface area contributed by atoms with Crippen molar-refractivity contribution in [2.24, 2.45) is 0 Å². The van der Waals surface area contributed by atoms with Gasteiger partial charge in [-0.1, -0.05) is 40.5 Å². The summed E-state index contributed by atoms with van der Waals surface area (Å²) >= 11 is 10.9. The molecule has 0 aliphatic carbocycles. The average Bonchev–Trinajstić information content (AvgIpc) is 2.88. The van der Waals surface area contributed by atoms with Crippen LogP contribution in [-0.4, -0.2) is 19.3 Å². The summed E-state index contributed by atoms with van der Waals surface area (Å²) in [5, 5.41) is 2.16. The molecule has 0 saturated carbocycles. The van der Waals surface area contributed by atoms with Crippen molar-refractivity contribution in [1.82, 2.24) is 4.31 Å². The number of hydrogen-bond acceptors (Lipinski definition) is 3. The van der Waals surface area contributed by atoms with Crippen LogP contribution in [0.1, 0.15) is 11.8 Å². The van der Waals surface area contributed by atoms with Crippen molar-refractivity contribution in [2.75, 3.05) is 6.54 Å². The van der Waals surface area contributed by atoms with Crippen molar-refractivity contribution in [1.29, 1.82) is 0 Å². The van der Waals surface area contributed by atoms with E-state index in [1.165, 1.54) is 21.7 Å². The fourth-order valence-electron chi connectivity index (χ4n) is 1.77. The van der Waals surface area contributed by atoms with Crippen LogP contribution in [0, 0.1) is 0 Å². The molecule has 0 amide bonds. The molecule has 3 nitrogen and oxygen atoms in total. The lowest BCUT2D eigenvalue weighted by Gasteiger charge is -2.20. The van der Waals surface area contributed by atoms with Crippen LogP contribution in [0.2, 0.25) is 5.02 Å².